The molecule has 25 heavy (non-hydrogen) atoms. The lowest BCUT2D eigenvalue weighted by Crippen LogP contribution is -2.31. The minimum atomic E-state index is 0.661. The molecule has 0 spiro atoms. The molecule has 0 N–H and O–H groups in total. The van der Waals surface area contributed by atoms with Gasteiger partial charge in [0.05, 0.1) is 0 Å². The Morgan fingerprint density at radius 2 is 1.52 bits per heavy atom. The molecule has 0 atom stereocenters. The predicted molar refractivity (Wildman–Crippen MR) is 115 cm³/mol. The number of benzene rings is 1. The lowest BCUT2D eigenvalue weighted by atomic mass is 10.1. The standard InChI is InChI=1S/C24H35N/c1-8-21(6)9-10-22(7)11-12-23-13-15-24(16-14-23)25(17-19(2)3)18-20(4)5/h8-16,19-20H,7,17-18H2,1-6H3/b10-9-,12-11+,21-8-. The maximum Gasteiger partial charge on any atom is 0.0366 e. The zero-order chi connectivity index (χ0) is 18.8. The molecule has 0 saturated heterocycles. The summed E-state index contributed by atoms with van der Waals surface area (Å²) in [5, 5.41) is 0. The summed E-state index contributed by atoms with van der Waals surface area (Å²) in [6.07, 6.45) is 10.4. The van der Waals surface area contributed by atoms with E-state index in [2.05, 4.69) is 94.7 Å². The Morgan fingerprint density at radius 1 is 0.960 bits per heavy atom. The second-order valence-electron chi connectivity index (χ2n) is 7.56. The Labute approximate surface area is 155 Å². The quantitative estimate of drug-likeness (QED) is 0.443. The van der Waals surface area contributed by atoms with Gasteiger partial charge in [-0.15, -0.1) is 0 Å². The zero-order valence-electron chi connectivity index (χ0n) is 16.9. The molecule has 0 amide bonds. The first kappa shape index (κ1) is 21.0. The van der Waals surface area contributed by atoms with Crippen LogP contribution in [0.2, 0.25) is 0 Å². The molecule has 0 bridgehead atoms. The van der Waals surface area contributed by atoms with E-state index < -0.39 is 0 Å². The van der Waals surface area contributed by atoms with Gasteiger partial charge in [-0.25, -0.2) is 0 Å². The van der Waals surface area contributed by atoms with E-state index in [1.54, 1.807) is 0 Å². The molecule has 0 saturated carbocycles. The van der Waals surface area contributed by atoms with Crippen molar-refractivity contribution >= 4 is 11.8 Å². The first-order valence-electron chi connectivity index (χ1n) is 9.34. The van der Waals surface area contributed by atoms with Crippen molar-refractivity contribution in [2.45, 2.75) is 41.5 Å². The molecule has 0 aliphatic rings. The number of hydrogen-bond donors (Lipinski definition) is 0. The van der Waals surface area contributed by atoms with Gasteiger partial charge in [-0.2, -0.15) is 0 Å². The summed E-state index contributed by atoms with van der Waals surface area (Å²) in [5.74, 6) is 1.32. The second kappa shape index (κ2) is 10.8. The number of rotatable bonds is 9. The summed E-state index contributed by atoms with van der Waals surface area (Å²) in [6.45, 7) is 19.5. The van der Waals surface area contributed by atoms with Crippen LogP contribution in [-0.2, 0) is 0 Å². The van der Waals surface area contributed by atoms with Crippen molar-refractivity contribution in [3.05, 3.63) is 71.9 Å². The fourth-order valence-corrected chi connectivity index (χ4v) is 2.56. The van der Waals surface area contributed by atoms with E-state index in [0.717, 1.165) is 18.7 Å². The summed E-state index contributed by atoms with van der Waals surface area (Å²) in [6, 6.07) is 8.83. The minimum absolute atomic E-state index is 0.661. The Bertz CT molecular complexity index is 602. The zero-order valence-corrected chi connectivity index (χ0v) is 16.9. The van der Waals surface area contributed by atoms with Crippen molar-refractivity contribution in [2.24, 2.45) is 11.8 Å². The molecule has 0 radical (unpaired) electrons. The molecular weight excluding hydrogens is 302 g/mol. The molecule has 1 heteroatoms. The van der Waals surface area contributed by atoms with Gasteiger partial charge in [0, 0.05) is 18.8 Å². The molecule has 1 aromatic carbocycles. The average Bonchev–Trinajstić information content (AvgIpc) is 2.56. The van der Waals surface area contributed by atoms with Gasteiger partial charge in [-0.1, -0.05) is 82.4 Å². The molecule has 0 heterocycles. The van der Waals surface area contributed by atoms with Gasteiger partial charge in [0.1, 0.15) is 0 Å². The molecule has 0 aliphatic carbocycles. The van der Waals surface area contributed by atoms with Crippen LogP contribution in [0.5, 0.6) is 0 Å². The van der Waals surface area contributed by atoms with Gasteiger partial charge in [0.15, 0.2) is 0 Å². The Morgan fingerprint density at radius 3 is 2.00 bits per heavy atom. The van der Waals surface area contributed by atoms with Crippen molar-refractivity contribution in [3.8, 4) is 0 Å². The highest BCUT2D eigenvalue weighted by Gasteiger charge is 2.10. The Balaban J connectivity index is 2.78. The molecular formula is C24H35N. The van der Waals surface area contributed by atoms with Crippen LogP contribution in [0.4, 0.5) is 5.69 Å². The Hall–Kier alpha value is -2.02. The van der Waals surface area contributed by atoms with Crippen molar-refractivity contribution in [1.82, 2.24) is 0 Å². The van der Waals surface area contributed by atoms with Gasteiger partial charge in [-0.3, -0.25) is 0 Å². The third-order valence-electron chi connectivity index (χ3n) is 3.93. The van der Waals surface area contributed by atoms with Crippen LogP contribution >= 0.6 is 0 Å². The molecule has 0 fully saturated rings. The maximum atomic E-state index is 4.08. The highest BCUT2D eigenvalue weighted by Crippen LogP contribution is 2.19. The van der Waals surface area contributed by atoms with Gasteiger partial charge < -0.3 is 4.90 Å². The molecule has 1 aromatic rings. The van der Waals surface area contributed by atoms with E-state index in [0.29, 0.717) is 11.8 Å². The Kier molecular flexibility index (Phi) is 9.05. The van der Waals surface area contributed by atoms with Crippen LogP contribution in [0, 0.1) is 11.8 Å². The van der Waals surface area contributed by atoms with Crippen LogP contribution in [0.1, 0.15) is 47.1 Å². The summed E-state index contributed by atoms with van der Waals surface area (Å²) < 4.78 is 0. The van der Waals surface area contributed by atoms with Gasteiger partial charge in [-0.05, 0) is 49.0 Å². The molecule has 0 unspecified atom stereocenters. The van der Waals surface area contributed by atoms with E-state index in [4.69, 9.17) is 0 Å². The lowest BCUT2D eigenvalue weighted by Gasteiger charge is -2.28. The average molecular weight is 338 g/mol. The molecule has 1 nitrogen and oxygen atoms in total. The second-order valence-corrected chi connectivity index (χ2v) is 7.56. The van der Waals surface area contributed by atoms with E-state index in [1.807, 2.05) is 13.0 Å². The maximum absolute atomic E-state index is 4.08. The minimum Gasteiger partial charge on any atom is -0.371 e. The van der Waals surface area contributed by atoms with Gasteiger partial charge in [0.2, 0.25) is 0 Å². The SMILES string of the molecule is C=C(/C=C\C(C)=C/C)/C=C/c1ccc(N(CC(C)C)CC(C)C)cc1. The number of nitrogens with zero attached hydrogens (tertiary/aromatic N) is 1. The van der Waals surface area contributed by atoms with Crippen LogP contribution < -0.4 is 4.90 Å². The first-order chi connectivity index (χ1) is 11.8. The van der Waals surface area contributed by atoms with E-state index in [1.165, 1.54) is 16.8 Å². The molecule has 0 aromatic heterocycles. The third-order valence-corrected chi connectivity index (χ3v) is 3.93. The molecule has 0 aliphatic heterocycles. The highest BCUT2D eigenvalue weighted by molar-refractivity contribution is 5.58. The largest absolute Gasteiger partial charge is 0.371 e. The smallest absolute Gasteiger partial charge is 0.0366 e. The number of hydrogen-bond acceptors (Lipinski definition) is 1. The topological polar surface area (TPSA) is 3.24 Å². The highest BCUT2D eigenvalue weighted by atomic mass is 15.1. The van der Waals surface area contributed by atoms with Crippen molar-refractivity contribution < 1.29 is 0 Å². The predicted octanol–water partition coefficient (Wildman–Crippen LogP) is 6.90. The summed E-state index contributed by atoms with van der Waals surface area (Å²) in [7, 11) is 0. The van der Waals surface area contributed by atoms with E-state index >= 15 is 0 Å². The van der Waals surface area contributed by atoms with E-state index in [-0.39, 0.29) is 0 Å². The summed E-state index contributed by atoms with van der Waals surface area (Å²) in [4.78, 5) is 2.49. The van der Waals surface area contributed by atoms with Crippen LogP contribution in [0.3, 0.4) is 0 Å². The third kappa shape index (κ3) is 8.58. The summed E-state index contributed by atoms with van der Waals surface area (Å²) in [5.41, 5.74) is 4.76. The monoisotopic (exact) mass is 337 g/mol. The molecule has 1 rings (SSSR count). The van der Waals surface area contributed by atoms with Crippen LogP contribution in [0.25, 0.3) is 6.08 Å². The van der Waals surface area contributed by atoms with Gasteiger partial charge in [0.25, 0.3) is 0 Å². The first-order valence-corrected chi connectivity index (χ1v) is 9.34. The van der Waals surface area contributed by atoms with Crippen LogP contribution in [0.15, 0.2) is 66.3 Å². The fraction of sp³-hybridized carbons (Fsp3) is 0.417. The van der Waals surface area contributed by atoms with Gasteiger partial charge >= 0.3 is 0 Å². The lowest BCUT2D eigenvalue weighted by molar-refractivity contribution is 0.553. The number of anilines is 1. The molecule has 136 valence electrons. The van der Waals surface area contributed by atoms with E-state index in [9.17, 15) is 0 Å². The summed E-state index contributed by atoms with van der Waals surface area (Å²) >= 11 is 0. The normalized spacial score (nSPS) is 12.7. The van der Waals surface area contributed by atoms with Crippen molar-refractivity contribution in [2.75, 3.05) is 18.0 Å². The van der Waals surface area contributed by atoms with Crippen molar-refractivity contribution in [1.29, 1.82) is 0 Å². The fourth-order valence-electron chi connectivity index (χ4n) is 2.56. The van der Waals surface area contributed by atoms with Crippen LogP contribution in [-0.4, -0.2) is 13.1 Å². The van der Waals surface area contributed by atoms with Crippen molar-refractivity contribution in [3.63, 3.8) is 0 Å². The number of allylic oxidation sites excluding steroid dienone is 6.